The Morgan fingerprint density at radius 3 is 1.31 bits per heavy atom. The fraction of sp³-hybridized carbons (Fsp3) is 0.231. The molecule has 0 atom stereocenters. The molecule has 0 aromatic heterocycles. The predicted octanol–water partition coefficient (Wildman–Crippen LogP) is 5.40. The molecule has 3 heteroatoms. The maximum Gasteiger partial charge on any atom is 0.248 e. The molecule has 2 rings (SSSR count). The van der Waals surface area contributed by atoms with E-state index in [1.807, 2.05) is 13.5 Å². The van der Waals surface area contributed by atoms with Crippen LogP contribution in [-0.2, 0) is 0 Å². The molecule has 0 nitrogen and oxygen atoms in total. The molecule has 86 valence electrons. The van der Waals surface area contributed by atoms with Crippen molar-refractivity contribution in [2.24, 2.45) is 0 Å². The van der Waals surface area contributed by atoms with Gasteiger partial charge in [0.1, 0.15) is 0 Å². The van der Waals surface area contributed by atoms with E-state index in [0.29, 0.717) is 0 Å². The Labute approximate surface area is 108 Å². The van der Waals surface area contributed by atoms with E-state index in [1.54, 1.807) is 0 Å². The van der Waals surface area contributed by atoms with Crippen molar-refractivity contribution in [1.82, 2.24) is 0 Å². The van der Waals surface area contributed by atoms with E-state index in [-0.39, 0.29) is 0 Å². The van der Waals surface area contributed by atoms with Crippen LogP contribution in [0.3, 0.4) is 0 Å². The van der Waals surface area contributed by atoms with Crippen LogP contribution in [0.15, 0.2) is 48.5 Å². The van der Waals surface area contributed by atoms with E-state index in [2.05, 4.69) is 48.5 Å². The molecule has 0 N–H and O–H groups in total. The normalized spacial score (nSPS) is 10.8. The van der Waals surface area contributed by atoms with Crippen molar-refractivity contribution in [3.05, 3.63) is 48.5 Å². The van der Waals surface area contributed by atoms with Crippen molar-refractivity contribution in [3.63, 3.8) is 0 Å². The highest BCUT2D eigenvalue weighted by Crippen LogP contribution is 2.17. The molecule has 0 heterocycles. The van der Waals surface area contributed by atoms with Crippen molar-refractivity contribution in [2.75, 3.05) is 0 Å². The topological polar surface area (TPSA) is 0 Å². The van der Waals surface area contributed by atoms with Gasteiger partial charge in [-0.1, -0.05) is 55.5 Å². The van der Waals surface area contributed by atoms with Crippen LogP contribution in [0.2, 0.25) is 12.6 Å². The lowest BCUT2D eigenvalue weighted by Gasteiger charge is -2.01. The zero-order valence-corrected chi connectivity index (χ0v) is 12.1. The summed E-state index contributed by atoms with van der Waals surface area (Å²) in [5.41, 5.74) is 0. The van der Waals surface area contributed by atoms with Crippen molar-refractivity contribution in [2.45, 2.75) is 19.5 Å². The van der Waals surface area contributed by atoms with Gasteiger partial charge in [0.05, 0.1) is 0 Å². The molecule has 0 saturated carbocycles. The fourth-order valence-corrected chi connectivity index (χ4v) is 1.13. The summed E-state index contributed by atoms with van der Waals surface area (Å²) in [7, 11) is 0. The van der Waals surface area contributed by atoms with E-state index >= 15 is 0 Å². The Bertz CT molecular complexity index is 370. The van der Waals surface area contributed by atoms with Crippen molar-refractivity contribution >= 4 is 39.6 Å². The molecule has 0 aliphatic rings. The zero-order chi connectivity index (χ0) is 12.0. The van der Waals surface area contributed by atoms with E-state index in [0.717, 1.165) is 6.04 Å². The van der Waals surface area contributed by atoms with Gasteiger partial charge in [-0.25, -0.2) is 0 Å². The second-order valence-corrected chi connectivity index (χ2v) is 12.2. The first-order valence-corrected chi connectivity index (χ1v) is 10.1. The molecule has 0 aliphatic carbocycles. The average molecular weight is 271 g/mol. The summed E-state index contributed by atoms with van der Waals surface area (Å²) in [4.78, 5) is 0. The molecule has 0 unspecified atom stereocenters. The molecule has 16 heavy (non-hydrogen) atoms. The van der Waals surface area contributed by atoms with Gasteiger partial charge in [-0.3, -0.25) is 0 Å². The monoisotopic (exact) mass is 270 g/mol. The molecular weight excluding hydrogens is 255 g/mol. The molecule has 0 bridgehead atoms. The van der Waals surface area contributed by atoms with E-state index < -0.39 is 6.69 Å². The second-order valence-electron chi connectivity index (χ2n) is 3.77. The van der Waals surface area contributed by atoms with E-state index in [1.165, 1.54) is 10.8 Å². The third-order valence-electron chi connectivity index (χ3n) is 2.28. The lowest BCUT2D eigenvalue weighted by atomic mass is 10.1. The summed E-state index contributed by atoms with van der Waals surface area (Å²) in [5, 5.41) is 2.62. The van der Waals surface area contributed by atoms with Crippen LogP contribution in [-0.4, -0.2) is 6.69 Å². The summed E-state index contributed by atoms with van der Waals surface area (Å²) in [6.45, 7) is 2.23. The van der Waals surface area contributed by atoms with Gasteiger partial charge in [-0.2, -0.15) is 0 Å². The van der Waals surface area contributed by atoms with Gasteiger partial charge in [0, 0.05) is 0 Å². The van der Waals surface area contributed by atoms with Gasteiger partial charge in [0.15, 0.2) is 0 Å². The minimum absolute atomic E-state index is 0.941. The highest BCUT2D eigenvalue weighted by molar-refractivity contribution is 7.44. The third kappa shape index (κ3) is 5.02. The van der Waals surface area contributed by atoms with Gasteiger partial charge >= 0.3 is 0 Å². The number of benzene rings is 2. The number of fused-ring (bicyclic) bond motifs is 1. The van der Waals surface area contributed by atoms with Crippen LogP contribution in [0, 0.1) is 0 Å². The van der Waals surface area contributed by atoms with Crippen LogP contribution in [0.25, 0.3) is 10.8 Å². The molecule has 0 fully saturated rings. The Kier molecular flexibility index (Phi) is 5.33. The summed E-state index contributed by atoms with van der Waals surface area (Å²) in [6, 6.07) is 17.7. The van der Waals surface area contributed by atoms with Gasteiger partial charge < -0.3 is 0 Å². The fourth-order valence-electron chi connectivity index (χ4n) is 1.13. The van der Waals surface area contributed by atoms with Crippen LogP contribution < -0.4 is 0 Å². The van der Waals surface area contributed by atoms with Crippen LogP contribution in [0.1, 0.15) is 6.92 Å². The number of hydrogen-bond acceptors (Lipinski definition) is 0. The molecule has 0 spiro atoms. The Hall–Kier alpha value is -0.503. The number of hydrogen-bond donors (Lipinski definition) is 0. The van der Waals surface area contributed by atoms with Crippen molar-refractivity contribution in [3.8, 4) is 0 Å². The van der Waals surface area contributed by atoms with Crippen molar-refractivity contribution < 1.29 is 0 Å². The number of halogens is 2. The smallest absolute Gasteiger partial charge is 0.146 e. The molecule has 0 amide bonds. The van der Waals surface area contributed by atoms with E-state index in [4.69, 9.17) is 22.2 Å². The predicted molar refractivity (Wildman–Crippen MR) is 77.8 cm³/mol. The van der Waals surface area contributed by atoms with Gasteiger partial charge in [-0.05, 0) is 23.4 Å². The summed E-state index contributed by atoms with van der Waals surface area (Å²) in [5.74, 6) is 0. The SMILES string of the molecule is CC[Si](C)(Cl)Cl.c1ccc2ccccc2c1. The summed E-state index contributed by atoms with van der Waals surface area (Å²) >= 11 is 11.2. The Morgan fingerprint density at radius 2 is 1.12 bits per heavy atom. The molecule has 0 aliphatic heterocycles. The van der Waals surface area contributed by atoms with Crippen LogP contribution in [0.5, 0.6) is 0 Å². The first-order chi connectivity index (χ1) is 7.53. The average Bonchev–Trinajstić information content (AvgIpc) is 2.29. The standard InChI is InChI=1S/C10H8.C3H8Cl2Si/c1-2-6-10-8-4-3-7-9(10)5-1;1-3-6(2,4)5/h1-8H;3H2,1-2H3. The van der Waals surface area contributed by atoms with Crippen LogP contribution in [0.4, 0.5) is 0 Å². The highest BCUT2D eigenvalue weighted by atomic mass is 35.7. The maximum atomic E-state index is 5.62. The molecule has 2 aromatic carbocycles. The second kappa shape index (κ2) is 6.29. The zero-order valence-electron chi connectivity index (χ0n) is 9.58. The molecular formula is C13H16Cl2Si. The summed E-state index contributed by atoms with van der Waals surface area (Å²) < 4.78 is 0. The minimum Gasteiger partial charge on any atom is -0.146 e. The quantitative estimate of drug-likeness (QED) is 0.481. The first-order valence-electron chi connectivity index (χ1n) is 5.34. The Balaban J connectivity index is 0.000000187. The highest BCUT2D eigenvalue weighted by Gasteiger charge is 2.15. The van der Waals surface area contributed by atoms with E-state index in [9.17, 15) is 0 Å². The Morgan fingerprint density at radius 1 is 0.875 bits per heavy atom. The third-order valence-corrected chi connectivity index (χ3v) is 5.12. The molecule has 0 radical (unpaired) electrons. The summed E-state index contributed by atoms with van der Waals surface area (Å²) in [6.07, 6.45) is 0. The lowest BCUT2D eigenvalue weighted by molar-refractivity contribution is 1.43. The van der Waals surface area contributed by atoms with Crippen LogP contribution >= 0.6 is 22.2 Å². The molecule has 0 saturated heterocycles. The lowest BCUT2D eigenvalue weighted by Crippen LogP contribution is -2.08. The molecule has 2 aromatic rings. The van der Waals surface area contributed by atoms with Crippen molar-refractivity contribution in [1.29, 1.82) is 0 Å². The largest absolute Gasteiger partial charge is 0.248 e. The van der Waals surface area contributed by atoms with Gasteiger partial charge in [-0.15, -0.1) is 22.2 Å². The van der Waals surface area contributed by atoms with Gasteiger partial charge in [0.2, 0.25) is 6.69 Å². The number of rotatable bonds is 1. The minimum atomic E-state index is -1.69. The maximum absolute atomic E-state index is 5.62. The first kappa shape index (κ1) is 13.6. The van der Waals surface area contributed by atoms with Gasteiger partial charge in [0.25, 0.3) is 0 Å².